The van der Waals surface area contributed by atoms with Gasteiger partial charge in [-0.2, -0.15) is 0 Å². The highest BCUT2D eigenvalue weighted by atomic mass is 79.9. The number of rotatable bonds is 2. The lowest BCUT2D eigenvalue weighted by atomic mass is 9.94. The molecule has 1 aliphatic heterocycles. The van der Waals surface area contributed by atoms with E-state index >= 15 is 0 Å². The van der Waals surface area contributed by atoms with Crippen LogP contribution < -0.4 is 0 Å². The maximum Gasteiger partial charge on any atom is 0.117 e. The lowest BCUT2D eigenvalue weighted by molar-refractivity contribution is -0.0781. The van der Waals surface area contributed by atoms with Gasteiger partial charge < -0.3 is 9.84 Å². The summed E-state index contributed by atoms with van der Waals surface area (Å²) < 4.78 is 6.74. The first-order valence-electron chi connectivity index (χ1n) is 5.11. The van der Waals surface area contributed by atoms with Crippen LogP contribution in [0.15, 0.2) is 9.85 Å². The summed E-state index contributed by atoms with van der Waals surface area (Å²) in [5.74, 6) is 0. The van der Waals surface area contributed by atoms with Crippen LogP contribution in [0.4, 0.5) is 0 Å². The van der Waals surface area contributed by atoms with Crippen molar-refractivity contribution in [3.05, 3.63) is 20.3 Å². The molecule has 15 heavy (non-hydrogen) atoms. The normalized spacial score (nSPS) is 28.3. The fourth-order valence-corrected chi connectivity index (χ4v) is 3.63. The third-order valence-electron chi connectivity index (χ3n) is 2.97. The standard InChI is InChI=1S/C11H15BrO2S/c1-7-6-8(15-10(7)12)9(13)11(2)4-3-5-14-11/h6,9,13H,3-5H2,1-2H3. The number of hydrogen-bond acceptors (Lipinski definition) is 3. The van der Waals surface area contributed by atoms with Crippen molar-refractivity contribution in [3.63, 3.8) is 0 Å². The number of ether oxygens (including phenoxy) is 1. The van der Waals surface area contributed by atoms with Gasteiger partial charge in [-0.1, -0.05) is 0 Å². The summed E-state index contributed by atoms with van der Waals surface area (Å²) >= 11 is 5.07. The molecule has 0 spiro atoms. The molecule has 0 saturated carbocycles. The van der Waals surface area contributed by atoms with Gasteiger partial charge in [-0.15, -0.1) is 11.3 Å². The van der Waals surface area contributed by atoms with Gasteiger partial charge in [-0.05, 0) is 54.2 Å². The smallest absolute Gasteiger partial charge is 0.117 e. The Kier molecular flexibility index (Phi) is 3.22. The molecule has 0 aliphatic carbocycles. The molecule has 0 amide bonds. The van der Waals surface area contributed by atoms with Gasteiger partial charge in [0.2, 0.25) is 0 Å². The zero-order valence-electron chi connectivity index (χ0n) is 8.92. The topological polar surface area (TPSA) is 29.5 Å². The van der Waals surface area contributed by atoms with Crippen LogP contribution in [0.1, 0.15) is 36.3 Å². The fraction of sp³-hybridized carbons (Fsp3) is 0.636. The van der Waals surface area contributed by atoms with Crippen LogP contribution in [-0.4, -0.2) is 17.3 Å². The van der Waals surface area contributed by atoms with E-state index in [-0.39, 0.29) is 0 Å². The Balaban J connectivity index is 2.23. The molecular weight excluding hydrogens is 276 g/mol. The molecule has 2 atom stereocenters. The summed E-state index contributed by atoms with van der Waals surface area (Å²) in [6.07, 6.45) is 1.47. The maximum absolute atomic E-state index is 10.3. The van der Waals surface area contributed by atoms with Crippen molar-refractivity contribution >= 4 is 27.3 Å². The first kappa shape index (κ1) is 11.6. The Morgan fingerprint density at radius 3 is 2.87 bits per heavy atom. The van der Waals surface area contributed by atoms with E-state index in [1.807, 2.05) is 19.9 Å². The van der Waals surface area contributed by atoms with E-state index < -0.39 is 11.7 Å². The van der Waals surface area contributed by atoms with Crippen molar-refractivity contribution in [2.24, 2.45) is 0 Å². The van der Waals surface area contributed by atoms with Gasteiger partial charge in [-0.3, -0.25) is 0 Å². The van der Waals surface area contributed by atoms with Crippen LogP contribution in [0.3, 0.4) is 0 Å². The highest BCUT2D eigenvalue weighted by Crippen LogP contribution is 2.41. The number of hydrogen-bond donors (Lipinski definition) is 1. The number of thiophene rings is 1. The summed E-state index contributed by atoms with van der Waals surface area (Å²) in [5, 5.41) is 10.3. The summed E-state index contributed by atoms with van der Waals surface area (Å²) in [6, 6.07) is 2.03. The number of aryl methyl sites for hydroxylation is 1. The Morgan fingerprint density at radius 2 is 2.40 bits per heavy atom. The van der Waals surface area contributed by atoms with E-state index in [0.717, 1.165) is 28.1 Å². The third-order valence-corrected chi connectivity index (χ3v) is 5.16. The van der Waals surface area contributed by atoms with Crippen LogP contribution in [0, 0.1) is 6.92 Å². The second kappa shape index (κ2) is 4.17. The first-order valence-corrected chi connectivity index (χ1v) is 6.72. The lowest BCUT2D eigenvalue weighted by Crippen LogP contribution is -2.31. The van der Waals surface area contributed by atoms with E-state index in [2.05, 4.69) is 15.9 Å². The average Bonchev–Trinajstić information content (AvgIpc) is 2.75. The summed E-state index contributed by atoms with van der Waals surface area (Å²) in [4.78, 5) is 0.990. The molecule has 84 valence electrons. The molecule has 4 heteroatoms. The highest BCUT2D eigenvalue weighted by molar-refractivity contribution is 9.11. The SMILES string of the molecule is Cc1cc(C(O)C2(C)CCCO2)sc1Br. The summed E-state index contributed by atoms with van der Waals surface area (Å²) in [5.41, 5.74) is 0.784. The predicted molar refractivity (Wildman–Crippen MR) is 65.3 cm³/mol. The second-order valence-electron chi connectivity index (χ2n) is 4.27. The minimum atomic E-state index is -0.505. The van der Waals surface area contributed by atoms with Crippen LogP contribution in [0.25, 0.3) is 0 Å². The van der Waals surface area contributed by atoms with Crippen molar-refractivity contribution in [2.75, 3.05) is 6.61 Å². The van der Waals surface area contributed by atoms with Crippen LogP contribution in [0.2, 0.25) is 0 Å². The lowest BCUT2D eigenvalue weighted by Gasteiger charge is -2.28. The number of aliphatic hydroxyl groups is 1. The largest absolute Gasteiger partial charge is 0.385 e. The molecule has 2 unspecified atom stereocenters. The van der Waals surface area contributed by atoms with Gasteiger partial charge in [0.25, 0.3) is 0 Å². The monoisotopic (exact) mass is 290 g/mol. The van der Waals surface area contributed by atoms with Crippen LogP contribution in [0.5, 0.6) is 0 Å². The second-order valence-corrected chi connectivity index (χ2v) is 6.67. The molecule has 1 N–H and O–H groups in total. The molecule has 2 heterocycles. The Morgan fingerprint density at radius 1 is 1.67 bits per heavy atom. The Bertz CT molecular complexity index is 336. The van der Waals surface area contributed by atoms with Crippen molar-refractivity contribution in [1.82, 2.24) is 0 Å². The van der Waals surface area contributed by atoms with Gasteiger partial charge in [0.05, 0.1) is 9.39 Å². The quantitative estimate of drug-likeness (QED) is 0.904. The molecule has 1 fully saturated rings. The van der Waals surface area contributed by atoms with Crippen molar-refractivity contribution < 1.29 is 9.84 Å². The molecule has 1 aromatic heterocycles. The Labute approximate surface area is 102 Å². The first-order chi connectivity index (χ1) is 7.03. The van der Waals surface area contributed by atoms with E-state index in [1.165, 1.54) is 5.56 Å². The van der Waals surface area contributed by atoms with Crippen molar-refractivity contribution in [1.29, 1.82) is 0 Å². The molecule has 1 saturated heterocycles. The van der Waals surface area contributed by atoms with E-state index in [1.54, 1.807) is 11.3 Å². The molecule has 2 nitrogen and oxygen atoms in total. The van der Waals surface area contributed by atoms with Crippen LogP contribution >= 0.6 is 27.3 Å². The van der Waals surface area contributed by atoms with Crippen molar-refractivity contribution in [2.45, 2.75) is 38.4 Å². The van der Waals surface area contributed by atoms with Gasteiger partial charge in [0.1, 0.15) is 6.10 Å². The zero-order valence-corrected chi connectivity index (χ0v) is 11.3. The molecule has 0 bridgehead atoms. The summed E-state index contributed by atoms with van der Waals surface area (Å²) in [7, 11) is 0. The summed E-state index contributed by atoms with van der Waals surface area (Å²) in [6.45, 7) is 4.79. The van der Waals surface area contributed by atoms with Gasteiger partial charge >= 0.3 is 0 Å². The molecule has 0 radical (unpaired) electrons. The minimum absolute atomic E-state index is 0.392. The third kappa shape index (κ3) is 2.13. The predicted octanol–water partition coefficient (Wildman–Crippen LogP) is 3.42. The van der Waals surface area contributed by atoms with Gasteiger partial charge in [0.15, 0.2) is 0 Å². The van der Waals surface area contributed by atoms with E-state index in [9.17, 15) is 5.11 Å². The molecule has 0 aromatic carbocycles. The highest BCUT2D eigenvalue weighted by Gasteiger charge is 2.39. The molecule has 1 aliphatic rings. The Hall–Kier alpha value is 0.100. The molecular formula is C11H15BrO2S. The molecule has 1 aromatic rings. The fourth-order valence-electron chi connectivity index (χ4n) is 1.94. The maximum atomic E-state index is 10.3. The minimum Gasteiger partial charge on any atom is -0.385 e. The number of aliphatic hydroxyl groups excluding tert-OH is 1. The average molecular weight is 291 g/mol. The van der Waals surface area contributed by atoms with E-state index in [4.69, 9.17) is 4.74 Å². The van der Waals surface area contributed by atoms with E-state index in [0.29, 0.717) is 0 Å². The number of halogens is 1. The molecule has 2 rings (SSSR count). The van der Waals surface area contributed by atoms with Gasteiger partial charge in [-0.25, -0.2) is 0 Å². The van der Waals surface area contributed by atoms with Gasteiger partial charge in [0, 0.05) is 11.5 Å². The van der Waals surface area contributed by atoms with Crippen LogP contribution in [-0.2, 0) is 4.74 Å². The van der Waals surface area contributed by atoms with Crippen molar-refractivity contribution in [3.8, 4) is 0 Å². The zero-order chi connectivity index (χ0) is 11.1.